The van der Waals surface area contributed by atoms with E-state index in [9.17, 15) is 19.7 Å². The van der Waals surface area contributed by atoms with Crippen LogP contribution in [0.15, 0.2) is 75.0 Å². The lowest BCUT2D eigenvalue weighted by Crippen LogP contribution is -2.20. The Kier molecular flexibility index (Phi) is 6.35. The van der Waals surface area contributed by atoms with Crippen molar-refractivity contribution in [3.05, 3.63) is 91.7 Å². The number of nitrogens with zero attached hydrogens (tertiary/aromatic N) is 4. The second-order valence-corrected chi connectivity index (χ2v) is 8.47. The Hall–Kier alpha value is -5.03. The van der Waals surface area contributed by atoms with Gasteiger partial charge in [-0.2, -0.15) is 9.78 Å². The molecule has 5 rings (SSSR count). The SMILES string of the molecule is COc1cc(C=Nn2c(-c3cc4cc(Cl)ccc4o3)nc3ccccc3c2=O)cc([N+](=O)[O-])c1OC(C)=O. The number of hydrogen-bond acceptors (Lipinski definition) is 9. The van der Waals surface area contributed by atoms with Crippen LogP contribution in [-0.4, -0.2) is 33.9 Å². The van der Waals surface area contributed by atoms with Crippen molar-refractivity contribution in [2.75, 3.05) is 7.11 Å². The number of nitro benzene ring substituents is 1. The predicted molar refractivity (Wildman–Crippen MR) is 140 cm³/mol. The second-order valence-electron chi connectivity index (χ2n) is 8.03. The summed E-state index contributed by atoms with van der Waals surface area (Å²) in [7, 11) is 1.27. The van der Waals surface area contributed by atoms with E-state index < -0.39 is 22.1 Å². The molecule has 0 aliphatic heterocycles. The highest BCUT2D eigenvalue weighted by Gasteiger charge is 2.24. The number of benzene rings is 3. The summed E-state index contributed by atoms with van der Waals surface area (Å²) in [5, 5.41) is 17.5. The average Bonchev–Trinajstić information content (AvgIpc) is 3.31. The molecule has 12 heteroatoms. The Morgan fingerprint density at radius 2 is 1.97 bits per heavy atom. The van der Waals surface area contributed by atoms with Crippen LogP contribution in [0, 0.1) is 10.1 Å². The molecule has 0 radical (unpaired) electrons. The maximum Gasteiger partial charge on any atom is 0.316 e. The molecule has 0 saturated carbocycles. The van der Waals surface area contributed by atoms with Crippen molar-refractivity contribution in [3.63, 3.8) is 0 Å². The maximum absolute atomic E-state index is 13.4. The number of carbonyl (C=O) groups excluding carboxylic acids is 1. The Morgan fingerprint density at radius 1 is 1.18 bits per heavy atom. The van der Waals surface area contributed by atoms with E-state index in [0.29, 0.717) is 26.9 Å². The van der Waals surface area contributed by atoms with Gasteiger partial charge in [-0.1, -0.05) is 23.7 Å². The van der Waals surface area contributed by atoms with Crippen LogP contribution < -0.4 is 15.0 Å². The molecule has 11 nitrogen and oxygen atoms in total. The summed E-state index contributed by atoms with van der Waals surface area (Å²) in [6, 6.07) is 16.1. The molecule has 0 aliphatic rings. The van der Waals surface area contributed by atoms with Gasteiger partial charge in [-0.15, -0.1) is 0 Å². The molecule has 190 valence electrons. The molecule has 0 unspecified atom stereocenters. The number of rotatable bonds is 6. The van der Waals surface area contributed by atoms with Crippen molar-refractivity contribution in [2.24, 2.45) is 5.10 Å². The van der Waals surface area contributed by atoms with Crippen LogP contribution in [0.1, 0.15) is 12.5 Å². The zero-order valence-corrected chi connectivity index (χ0v) is 20.6. The molecule has 0 spiro atoms. The lowest BCUT2D eigenvalue weighted by atomic mass is 10.2. The molecule has 5 aromatic rings. The molecule has 3 aromatic carbocycles. The molecule has 0 atom stereocenters. The van der Waals surface area contributed by atoms with E-state index in [-0.39, 0.29) is 28.6 Å². The van der Waals surface area contributed by atoms with Gasteiger partial charge in [-0.25, -0.2) is 4.98 Å². The molecule has 0 N–H and O–H groups in total. The van der Waals surface area contributed by atoms with Crippen molar-refractivity contribution in [3.8, 4) is 23.1 Å². The number of esters is 1. The molecule has 0 fully saturated rings. The van der Waals surface area contributed by atoms with E-state index >= 15 is 0 Å². The van der Waals surface area contributed by atoms with Gasteiger partial charge in [0.1, 0.15) is 5.58 Å². The minimum Gasteiger partial charge on any atom is -0.493 e. The van der Waals surface area contributed by atoms with E-state index in [1.807, 2.05) is 0 Å². The standard InChI is InChI=1S/C26H17ClN4O7/c1-14(32)37-24-20(31(34)35)9-15(10-22(24)36-2)13-28-30-25(29-19-6-4-3-5-18(19)26(30)33)23-12-16-11-17(27)7-8-21(16)38-23/h3-13H,1-2H3. The number of methoxy groups -OCH3 is 1. The van der Waals surface area contributed by atoms with Crippen LogP contribution in [-0.2, 0) is 4.79 Å². The number of furan rings is 1. The largest absolute Gasteiger partial charge is 0.493 e. The molecule has 38 heavy (non-hydrogen) atoms. The zero-order chi connectivity index (χ0) is 27.0. The average molecular weight is 533 g/mol. The van der Waals surface area contributed by atoms with Crippen molar-refractivity contribution >= 4 is 51.3 Å². The van der Waals surface area contributed by atoms with Gasteiger partial charge < -0.3 is 13.9 Å². The first kappa shape index (κ1) is 24.7. The lowest BCUT2D eigenvalue weighted by molar-refractivity contribution is -0.385. The van der Waals surface area contributed by atoms with Gasteiger partial charge in [0.05, 0.1) is 29.2 Å². The van der Waals surface area contributed by atoms with Crippen LogP contribution >= 0.6 is 11.6 Å². The fraction of sp³-hybridized carbons (Fsp3) is 0.0769. The van der Waals surface area contributed by atoms with Crippen LogP contribution in [0.5, 0.6) is 11.5 Å². The highest BCUT2D eigenvalue weighted by atomic mass is 35.5. The summed E-state index contributed by atoms with van der Waals surface area (Å²) in [5.74, 6) is -0.785. The van der Waals surface area contributed by atoms with Crippen molar-refractivity contribution < 1.29 is 23.6 Å². The molecule has 0 bridgehead atoms. The third-order valence-corrected chi connectivity index (χ3v) is 5.73. The first-order valence-electron chi connectivity index (χ1n) is 11.1. The Balaban J connectivity index is 1.70. The van der Waals surface area contributed by atoms with E-state index in [1.54, 1.807) is 48.5 Å². The normalized spacial score (nSPS) is 11.3. The quantitative estimate of drug-likeness (QED) is 0.0957. The van der Waals surface area contributed by atoms with Gasteiger partial charge in [-0.05, 0) is 42.5 Å². The number of nitro groups is 1. The van der Waals surface area contributed by atoms with Crippen LogP contribution in [0.3, 0.4) is 0 Å². The highest BCUT2D eigenvalue weighted by molar-refractivity contribution is 6.31. The predicted octanol–water partition coefficient (Wildman–Crippen LogP) is 5.19. The number of carbonyl (C=O) groups is 1. The van der Waals surface area contributed by atoms with Crippen LogP contribution in [0.4, 0.5) is 5.69 Å². The van der Waals surface area contributed by atoms with E-state index in [1.165, 1.54) is 19.4 Å². The Bertz CT molecular complexity index is 1840. The Morgan fingerprint density at radius 3 is 2.71 bits per heavy atom. The number of aromatic nitrogens is 2. The fourth-order valence-corrected chi connectivity index (χ4v) is 4.04. The maximum atomic E-state index is 13.4. The number of ether oxygens (including phenoxy) is 2. The van der Waals surface area contributed by atoms with Gasteiger partial charge in [0.25, 0.3) is 5.56 Å². The summed E-state index contributed by atoms with van der Waals surface area (Å²) in [6.07, 6.45) is 1.23. The molecular formula is C26H17ClN4O7. The number of hydrogen-bond donors (Lipinski definition) is 0. The van der Waals surface area contributed by atoms with Crippen molar-refractivity contribution in [2.45, 2.75) is 6.92 Å². The smallest absolute Gasteiger partial charge is 0.316 e. The minimum atomic E-state index is -0.752. The summed E-state index contributed by atoms with van der Waals surface area (Å²) in [4.78, 5) is 40.5. The first-order valence-corrected chi connectivity index (χ1v) is 11.4. The second kappa shape index (κ2) is 9.79. The fourth-order valence-electron chi connectivity index (χ4n) is 3.86. The van der Waals surface area contributed by atoms with Crippen LogP contribution in [0.2, 0.25) is 5.02 Å². The van der Waals surface area contributed by atoms with E-state index in [2.05, 4.69) is 10.1 Å². The summed E-state index contributed by atoms with van der Waals surface area (Å²) >= 11 is 6.10. The van der Waals surface area contributed by atoms with Crippen LogP contribution in [0.25, 0.3) is 33.5 Å². The third kappa shape index (κ3) is 4.58. The molecule has 2 heterocycles. The lowest BCUT2D eigenvalue weighted by Gasteiger charge is -2.10. The molecule has 0 amide bonds. The van der Waals surface area contributed by atoms with Crippen molar-refractivity contribution in [1.82, 2.24) is 9.66 Å². The molecule has 0 aliphatic carbocycles. The van der Waals surface area contributed by atoms with Gasteiger partial charge >= 0.3 is 11.7 Å². The third-order valence-electron chi connectivity index (χ3n) is 5.49. The Labute approximate surface area is 218 Å². The van der Waals surface area contributed by atoms with Crippen molar-refractivity contribution in [1.29, 1.82) is 0 Å². The summed E-state index contributed by atoms with van der Waals surface area (Å²) < 4.78 is 17.2. The number of halogens is 1. The minimum absolute atomic E-state index is 0.0609. The highest BCUT2D eigenvalue weighted by Crippen LogP contribution is 2.38. The number of fused-ring (bicyclic) bond motifs is 2. The summed E-state index contributed by atoms with van der Waals surface area (Å²) in [6.45, 7) is 1.12. The topological polar surface area (TPSA) is 139 Å². The van der Waals surface area contributed by atoms with Gasteiger partial charge in [0.15, 0.2) is 11.5 Å². The van der Waals surface area contributed by atoms with E-state index in [0.717, 1.165) is 17.7 Å². The van der Waals surface area contributed by atoms with E-state index in [4.69, 9.17) is 25.5 Å². The zero-order valence-electron chi connectivity index (χ0n) is 19.9. The monoisotopic (exact) mass is 532 g/mol. The van der Waals surface area contributed by atoms with Gasteiger partial charge in [0, 0.05) is 29.0 Å². The summed E-state index contributed by atoms with van der Waals surface area (Å²) in [5.41, 5.74) is 0.161. The van der Waals surface area contributed by atoms with Gasteiger partial charge in [0.2, 0.25) is 11.6 Å². The first-order chi connectivity index (χ1) is 18.2. The molecule has 2 aromatic heterocycles. The number of para-hydroxylation sites is 1. The molecule has 0 saturated heterocycles. The van der Waals surface area contributed by atoms with Gasteiger partial charge in [-0.3, -0.25) is 19.7 Å². The molecular weight excluding hydrogens is 516 g/mol.